The van der Waals surface area contributed by atoms with E-state index in [0.717, 1.165) is 35.2 Å². The van der Waals surface area contributed by atoms with Crippen molar-refractivity contribution >= 4 is 17.0 Å². The average Bonchev–Trinajstić information content (AvgIpc) is 3.21. The first kappa shape index (κ1) is 19.0. The molecular weight excluding hydrogens is 366 g/mol. The van der Waals surface area contributed by atoms with E-state index in [0.29, 0.717) is 11.1 Å². The zero-order valence-corrected chi connectivity index (χ0v) is 17.0. The predicted octanol–water partition coefficient (Wildman–Crippen LogP) is 5.07. The van der Waals surface area contributed by atoms with Gasteiger partial charge in [0.05, 0.1) is 22.8 Å². The first-order chi connectivity index (χ1) is 13.7. The van der Waals surface area contributed by atoms with Crippen LogP contribution in [0.4, 0.5) is 4.79 Å². The van der Waals surface area contributed by atoms with Crippen LogP contribution in [0.25, 0.3) is 10.9 Å². The van der Waals surface area contributed by atoms with Gasteiger partial charge in [-0.15, -0.1) is 0 Å². The zero-order valence-electron chi connectivity index (χ0n) is 17.0. The standard InChI is InChI=1S/C23H23N3O3/c1-14-19-12-17(7-9-20(19)26(25-14)22(27)29-23(2,3)4)28-21-10-6-16-11-15(13-24)5-8-18(16)21/h5,7-9,11-12,21H,6,10H2,1-4H3/t21-/m0/s1. The second kappa shape index (κ2) is 6.93. The first-order valence-corrected chi connectivity index (χ1v) is 9.67. The van der Waals surface area contributed by atoms with E-state index in [1.165, 1.54) is 10.2 Å². The van der Waals surface area contributed by atoms with Crippen molar-refractivity contribution in [2.45, 2.75) is 52.2 Å². The number of nitriles is 1. The Morgan fingerprint density at radius 3 is 2.76 bits per heavy atom. The highest BCUT2D eigenvalue weighted by atomic mass is 16.6. The van der Waals surface area contributed by atoms with Gasteiger partial charge in [-0.05, 0) is 82.0 Å². The molecule has 0 amide bonds. The van der Waals surface area contributed by atoms with Gasteiger partial charge in [0, 0.05) is 5.39 Å². The summed E-state index contributed by atoms with van der Waals surface area (Å²) in [6.45, 7) is 7.35. The smallest absolute Gasteiger partial charge is 0.435 e. The van der Waals surface area contributed by atoms with Crippen LogP contribution in [0.5, 0.6) is 5.75 Å². The maximum Gasteiger partial charge on any atom is 0.435 e. The third kappa shape index (κ3) is 3.68. The van der Waals surface area contributed by atoms with Crippen molar-refractivity contribution in [3.8, 4) is 11.8 Å². The fourth-order valence-corrected chi connectivity index (χ4v) is 3.70. The lowest BCUT2D eigenvalue weighted by molar-refractivity contribution is 0.0522. The van der Waals surface area contributed by atoms with Crippen LogP contribution >= 0.6 is 0 Å². The lowest BCUT2D eigenvalue weighted by Crippen LogP contribution is -2.27. The molecule has 0 unspecified atom stereocenters. The molecule has 0 spiro atoms. The third-order valence-electron chi connectivity index (χ3n) is 4.98. The Morgan fingerprint density at radius 2 is 2.03 bits per heavy atom. The highest BCUT2D eigenvalue weighted by molar-refractivity contribution is 5.90. The second-order valence-electron chi connectivity index (χ2n) is 8.33. The summed E-state index contributed by atoms with van der Waals surface area (Å²) in [5.41, 5.74) is 3.81. The largest absolute Gasteiger partial charge is 0.486 e. The highest BCUT2D eigenvalue weighted by Crippen LogP contribution is 2.36. The van der Waals surface area contributed by atoms with Crippen LogP contribution in [0.3, 0.4) is 0 Å². The third-order valence-corrected chi connectivity index (χ3v) is 4.98. The number of aryl methyl sites for hydroxylation is 2. The summed E-state index contributed by atoms with van der Waals surface area (Å²) in [6, 6.07) is 13.5. The number of hydrogen-bond donors (Lipinski definition) is 0. The summed E-state index contributed by atoms with van der Waals surface area (Å²) in [5, 5.41) is 14.3. The molecule has 0 radical (unpaired) electrons. The Balaban J connectivity index is 1.61. The van der Waals surface area contributed by atoms with Crippen molar-refractivity contribution in [2.75, 3.05) is 0 Å². The number of nitrogens with zero attached hydrogens (tertiary/aromatic N) is 3. The van der Waals surface area contributed by atoms with E-state index in [1.807, 2.05) is 64.1 Å². The molecule has 1 atom stereocenters. The van der Waals surface area contributed by atoms with Gasteiger partial charge < -0.3 is 9.47 Å². The van der Waals surface area contributed by atoms with Crippen LogP contribution < -0.4 is 4.74 Å². The maximum absolute atomic E-state index is 12.5. The molecule has 1 aliphatic rings. The minimum Gasteiger partial charge on any atom is -0.486 e. The molecule has 4 rings (SSSR count). The van der Waals surface area contributed by atoms with Crippen molar-refractivity contribution in [2.24, 2.45) is 0 Å². The van der Waals surface area contributed by atoms with Crippen molar-refractivity contribution in [3.05, 3.63) is 58.8 Å². The summed E-state index contributed by atoms with van der Waals surface area (Å²) in [7, 11) is 0. The number of rotatable bonds is 2. The lowest BCUT2D eigenvalue weighted by Gasteiger charge is -2.19. The molecule has 3 aromatic rings. The maximum atomic E-state index is 12.5. The average molecular weight is 389 g/mol. The summed E-state index contributed by atoms with van der Waals surface area (Å²) >= 11 is 0. The van der Waals surface area contributed by atoms with Gasteiger partial charge >= 0.3 is 6.09 Å². The Labute approximate surface area is 169 Å². The molecule has 1 heterocycles. The molecule has 148 valence electrons. The molecule has 0 aliphatic heterocycles. The van der Waals surface area contributed by atoms with Crippen molar-refractivity contribution in [1.29, 1.82) is 5.26 Å². The minimum atomic E-state index is -0.590. The van der Waals surface area contributed by atoms with E-state index in [9.17, 15) is 4.79 Å². The predicted molar refractivity (Wildman–Crippen MR) is 109 cm³/mol. The summed E-state index contributed by atoms with van der Waals surface area (Å²) in [4.78, 5) is 12.5. The molecule has 2 aromatic carbocycles. The molecule has 0 fully saturated rings. The number of carbonyl (C=O) groups excluding carboxylic acids is 1. The van der Waals surface area contributed by atoms with Gasteiger partial charge in [0.2, 0.25) is 0 Å². The van der Waals surface area contributed by atoms with Crippen molar-refractivity contribution < 1.29 is 14.3 Å². The number of hydrogen-bond acceptors (Lipinski definition) is 5. The quantitative estimate of drug-likeness (QED) is 0.612. The Hall–Kier alpha value is -3.33. The van der Waals surface area contributed by atoms with Crippen LogP contribution in [0.15, 0.2) is 36.4 Å². The molecular formula is C23H23N3O3. The van der Waals surface area contributed by atoms with Crippen LogP contribution in [-0.2, 0) is 11.2 Å². The van der Waals surface area contributed by atoms with Crippen LogP contribution in [0.2, 0.25) is 0 Å². The minimum absolute atomic E-state index is 0.0450. The zero-order chi connectivity index (χ0) is 20.8. The van der Waals surface area contributed by atoms with E-state index < -0.39 is 11.7 Å². The summed E-state index contributed by atoms with van der Waals surface area (Å²) in [6.07, 6.45) is 1.23. The molecule has 1 aliphatic carbocycles. The second-order valence-corrected chi connectivity index (χ2v) is 8.33. The molecule has 6 nitrogen and oxygen atoms in total. The number of carbonyl (C=O) groups is 1. The molecule has 0 bridgehead atoms. The van der Waals surface area contributed by atoms with Crippen molar-refractivity contribution in [1.82, 2.24) is 9.78 Å². The van der Waals surface area contributed by atoms with E-state index in [4.69, 9.17) is 14.7 Å². The van der Waals surface area contributed by atoms with Gasteiger partial charge in [-0.25, -0.2) is 4.79 Å². The molecule has 29 heavy (non-hydrogen) atoms. The van der Waals surface area contributed by atoms with Gasteiger partial charge in [0.1, 0.15) is 17.5 Å². The monoisotopic (exact) mass is 389 g/mol. The fraction of sp³-hybridized carbons (Fsp3) is 0.348. The van der Waals surface area contributed by atoms with Gasteiger partial charge in [0.25, 0.3) is 0 Å². The van der Waals surface area contributed by atoms with Crippen molar-refractivity contribution in [3.63, 3.8) is 0 Å². The Kier molecular flexibility index (Phi) is 4.54. The Bertz CT molecular complexity index is 1150. The summed E-state index contributed by atoms with van der Waals surface area (Å²) in [5.74, 6) is 0.728. The van der Waals surface area contributed by atoms with Gasteiger partial charge in [0.15, 0.2) is 0 Å². The highest BCUT2D eigenvalue weighted by Gasteiger charge is 2.25. The topological polar surface area (TPSA) is 77.1 Å². The molecule has 0 N–H and O–H groups in total. The fourth-order valence-electron chi connectivity index (χ4n) is 3.70. The number of ether oxygens (including phenoxy) is 2. The van der Waals surface area contributed by atoms with E-state index in [2.05, 4.69) is 11.2 Å². The number of benzene rings is 2. The molecule has 1 aromatic heterocycles. The van der Waals surface area contributed by atoms with Gasteiger partial charge in [-0.2, -0.15) is 15.0 Å². The molecule has 0 saturated carbocycles. The Morgan fingerprint density at radius 1 is 1.24 bits per heavy atom. The molecule has 0 saturated heterocycles. The van der Waals surface area contributed by atoms with Crippen LogP contribution in [0.1, 0.15) is 55.7 Å². The van der Waals surface area contributed by atoms with E-state index in [1.54, 1.807) is 0 Å². The van der Waals surface area contributed by atoms with E-state index >= 15 is 0 Å². The number of aromatic nitrogens is 2. The van der Waals surface area contributed by atoms with Crippen LogP contribution in [-0.4, -0.2) is 21.5 Å². The van der Waals surface area contributed by atoms with E-state index in [-0.39, 0.29) is 6.10 Å². The van der Waals surface area contributed by atoms with Gasteiger partial charge in [-0.1, -0.05) is 6.07 Å². The van der Waals surface area contributed by atoms with Crippen LogP contribution in [0, 0.1) is 18.3 Å². The molecule has 6 heteroatoms. The summed E-state index contributed by atoms with van der Waals surface area (Å²) < 4.78 is 13.0. The lowest BCUT2D eigenvalue weighted by atomic mass is 10.1. The number of fused-ring (bicyclic) bond motifs is 2. The first-order valence-electron chi connectivity index (χ1n) is 9.67. The SMILES string of the molecule is Cc1nn(C(=O)OC(C)(C)C)c2ccc(O[C@H]3CCc4cc(C#N)ccc43)cc12. The van der Waals surface area contributed by atoms with Gasteiger partial charge in [-0.3, -0.25) is 0 Å². The normalized spacial score (nSPS) is 15.8.